The number of ether oxygens (including phenoxy) is 2. The molecule has 8 heteroatoms. The number of carboxylic acids is 1. The van der Waals surface area contributed by atoms with Crippen LogP contribution in [-0.4, -0.2) is 47.9 Å². The van der Waals surface area contributed by atoms with E-state index in [0.717, 1.165) is 34.2 Å². The summed E-state index contributed by atoms with van der Waals surface area (Å²) in [6.45, 7) is 2.04. The van der Waals surface area contributed by atoms with Gasteiger partial charge in [0.15, 0.2) is 6.04 Å². The Bertz CT molecular complexity index is 1310. The molecule has 3 aromatic rings. The lowest BCUT2D eigenvalue weighted by molar-refractivity contribution is -0.147. The molecule has 2 aliphatic carbocycles. The number of alkyl carbamates (subject to hydrolysis) is 1. The Morgan fingerprint density at radius 2 is 1.52 bits per heavy atom. The molecule has 5 rings (SSSR count). The molecule has 208 valence electrons. The van der Waals surface area contributed by atoms with Crippen LogP contribution in [0.25, 0.3) is 11.1 Å². The summed E-state index contributed by atoms with van der Waals surface area (Å²) in [6, 6.07) is 24.0. The summed E-state index contributed by atoms with van der Waals surface area (Å²) in [5, 5.41) is 15.3. The van der Waals surface area contributed by atoms with Crippen LogP contribution < -0.4 is 10.6 Å². The van der Waals surface area contributed by atoms with Crippen LogP contribution in [0.1, 0.15) is 48.8 Å². The molecule has 0 aromatic heterocycles. The topological polar surface area (TPSA) is 114 Å². The number of hydrogen-bond donors (Lipinski definition) is 3. The summed E-state index contributed by atoms with van der Waals surface area (Å²) in [5.74, 6) is -2.20. The van der Waals surface area contributed by atoms with Crippen LogP contribution in [0.2, 0.25) is 0 Å². The van der Waals surface area contributed by atoms with Crippen molar-refractivity contribution in [3.63, 3.8) is 0 Å². The van der Waals surface area contributed by atoms with E-state index in [1.165, 1.54) is 0 Å². The number of aliphatic carboxylic acids is 1. The Morgan fingerprint density at radius 1 is 0.900 bits per heavy atom. The van der Waals surface area contributed by atoms with Crippen LogP contribution in [0.4, 0.5) is 4.79 Å². The fourth-order valence-electron chi connectivity index (χ4n) is 5.78. The molecule has 0 radical (unpaired) electrons. The fraction of sp³-hybridized carbons (Fsp3) is 0.344. The van der Waals surface area contributed by atoms with E-state index in [-0.39, 0.29) is 19.1 Å². The van der Waals surface area contributed by atoms with Gasteiger partial charge in [-0.1, -0.05) is 85.3 Å². The molecule has 40 heavy (non-hydrogen) atoms. The van der Waals surface area contributed by atoms with Crippen molar-refractivity contribution < 1.29 is 29.0 Å². The fourth-order valence-corrected chi connectivity index (χ4v) is 5.78. The Hall–Kier alpha value is -4.17. The quantitative estimate of drug-likeness (QED) is 0.337. The number of fused-ring (bicyclic) bond motifs is 3. The zero-order chi connectivity index (χ0) is 28.1. The number of rotatable bonds is 10. The van der Waals surface area contributed by atoms with Gasteiger partial charge in [-0.15, -0.1) is 0 Å². The van der Waals surface area contributed by atoms with Crippen molar-refractivity contribution in [3.05, 3.63) is 95.6 Å². The normalized spacial score (nSPS) is 19.2. The molecule has 1 fully saturated rings. The van der Waals surface area contributed by atoms with E-state index < -0.39 is 42.1 Å². The highest BCUT2D eigenvalue weighted by Crippen LogP contribution is 2.44. The Labute approximate surface area is 233 Å². The lowest BCUT2D eigenvalue weighted by Gasteiger charge is -2.26. The monoisotopic (exact) mass is 542 g/mol. The minimum atomic E-state index is -1.22. The van der Waals surface area contributed by atoms with Gasteiger partial charge in [-0.3, -0.25) is 4.79 Å². The number of benzene rings is 3. The molecule has 0 saturated heterocycles. The Morgan fingerprint density at radius 3 is 2.17 bits per heavy atom. The molecule has 1 saturated carbocycles. The van der Waals surface area contributed by atoms with Crippen molar-refractivity contribution in [3.8, 4) is 11.1 Å². The lowest BCUT2D eigenvalue weighted by Crippen LogP contribution is -2.53. The predicted molar refractivity (Wildman–Crippen MR) is 150 cm³/mol. The molecule has 0 aliphatic heterocycles. The largest absolute Gasteiger partial charge is 0.480 e. The summed E-state index contributed by atoms with van der Waals surface area (Å²) in [4.78, 5) is 37.9. The maximum Gasteiger partial charge on any atom is 0.407 e. The van der Waals surface area contributed by atoms with Crippen molar-refractivity contribution >= 4 is 18.0 Å². The summed E-state index contributed by atoms with van der Waals surface area (Å²) < 4.78 is 11.4. The average Bonchev–Trinajstić information content (AvgIpc) is 3.56. The number of carbonyl (C=O) groups is 3. The van der Waals surface area contributed by atoms with Gasteiger partial charge in [0.2, 0.25) is 5.91 Å². The summed E-state index contributed by atoms with van der Waals surface area (Å²) >= 11 is 0. The molecular weight excluding hydrogens is 508 g/mol. The summed E-state index contributed by atoms with van der Waals surface area (Å²) in [7, 11) is 0. The molecule has 0 bridgehead atoms. The van der Waals surface area contributed by atoms with E-state index in [9.17, 15) is 19.5 Å². The van der Waals surface area contributed by atoms with E-state index in [4.69, 9.17) is 9.47 Å². The van der Waals surface area contributed by atoms with Crippen molar-refractivity contribution in [2.45, 2.75) is 56.9 Å². The second kappa shape index (κ2) is 12.3. The van der Waals surface area contributed by atoms with Gasteiger partial charge in [0.05, 0.1) is 18.6 Å². The van der Waals surface area contributed by atoms with Gasteiger partial charge < -0.3 is 25.2 Å². The van der Waals surface area contributed by atoms with Crippen molar-refractivity contribution in [1.82, 2.24) is 10.6 Å². The number of hydrogen-bond acceptors (Lipinski definition) is 5. The maximum absolute atomic E-state index is 13.2. The van der Waals surface area contributed by atoms with Crippen molar-refractivity contribution in [2.75, 3.05) is 6.61 Å². The number of amides is 2. The Kier molecular flexibility index (Phi) is 8.45. The van der Waals surface area contributed by atoms with Crippen molar-refractivity contribution in [1.29, 1.82) is 0 Å². The minimum Gasteiger partial charge on any atom is -0.480 e. The van der Waals surface area contributed by atoms with Gasteiger partial charge in [0.1, 0.15) is 6.61 Å². The SMILES string of the molecule is C[C@@H](OCc1ccccc1)[C@H](NC(=O)C1CCCC1NC(=O)OCC1c2ccccc2-c2ccccc21)C(=O)O. The minimum absolute atomic E-state index is 0.0606. The first kappa shape index (κ1) is 27.4. The molecule has 2 aliphatic rings. The molecule has 0 heterocycles. The van der Waals surface area contributed by atoms with E-state index >= 15 is 0 Å². The molecule has 2 unspecified atom stereocenters. The smallest absolute Gasteiger partial charge is 0.407 e. The van der Waals surface area contributed by atoms with Gasteiger partial charge in [-0.2, -0.15) is 0 Å². The number of nitrogens with one attached hydrogen (secondary N) is 2. The number of carboxylic acid groups (broad SMARTS) is 1. The molecule has 3 N–H and O–H groups in total. The molecule has 2 amide bonds. The van der Waals surface area contributed by atoms with E-state index in [0.29, 0.717) is 12.8 Å². The van der Waals surface area contributed by atoms with Gasteiger partial charge in [0, 0.05) is 12.0 Å². The summed E-state index contributed by atoms with van der Waals surface area (Å²) in [6.07, 6.45) is 0.563. The third kappa shape index (κ3) is 6.02. The first-order valence-electron chi connectivity index (χ1n) is 13.7. The third-order valence-electron chi connectivity index (χ3n) is 7.89. The first-order valence-corrected chi connectivity index (χ1v) is 13.7. The average molecular weight is 543 g/mol. The zero-order valence-electron chi connectivity index (χ0n) is 22.4. The van der Waals surface area contributed by atoms with E-state index in [1.54, 1.807) is 6.92 Å². The van der Waals surface area contributed by atoms with Crippen LogP contribution in [0.3, 0.4) is 0 Å². The maximum atomic E-state index is 13.2. The highest BCUT2D eigenvalue weighted by atomic mass is 16.5. The van der Waals surface area contributed by atoms with E-state index in [1.807, 2.05) is 54.6 Å². The molecule has 0 spiro atoms. The lowest BCUT2D eigenvalue weighted by atomic mass is 9.98. The standard InChI is InChI=1S/C32H34N2O6/c1-20(39-18-21-10-3-2-4-11-21)29(31(36)37)34-30(35)26-16-9-17-28(26)33-32(38)40-19-27-24-14-7-5-12-22(24)23-13-6-8-15-25(23)27/h2-8,10-15,20,26-29H,9,16-19H2,1H3,(H,33,38)(H,34,35)(H,36,37)/t20-,26?,28?,29+/m1/s1. The third-order valence-corrected chi connectivity index (χ3v) is 7.89. The molecule has 3 aromatic carbocycles. The Balaban J connectivity index is 1.16. The number of carbonyl (C=O) groups excluding carboxylic acids is 2. The molecular formula is C32H34N2O6. The predicted octanol–water partition coefficient (Wildman–Crippen LogP) is 4.87. The van der Waals surface area contributed by atoms with Gasteiger partial charge in [-0.05, 0) is 47.6 Å². The highest BCUT2D eigenvalue weighted by Gasteiger charge is 2.38. The second-order valence-corrected chi connectivity index (χ2v) is 10.4. The molecule has 8 nitrogen and oxygen atoms in total. The summed E-state index contributed by atoms with van der Waals surface area (Å²) in [5.41, 5.74) is 5.45. The van der Waals surface area contributed by atoms with Crippen LogP contribution in [0.15, 0.2) is 78.9 Å². The van der Waals surface area contributed by atoms with Gasteiger partial charge in [0.25, 0.3) is 0 Å². The zero-order valence-corrected chi connectivity index (χ0v) is 22.4. The van der Waals surface area contributed by atoms with Crippen LogP contribution >= 0.6 is 0 Å². The molecule has 4 atom stereocenters. The highest BCUT2D eigenvalue weighted by molar-refractivity contribution is 5.86. The first-order chi connectivity index (χ1) is 19.4. The van der Waals surface area contributed by atoms with Gasteiger partial charge in [-0.25, -0.2) is 9.59 Å². The van der Waals surface area contributed by atoms with Crippen molar-refractivity contribution in [2.24, 2.45) is 5.92 Å². The van der Waals surface area contributed by atoms with E-state index in [2.05, 4.69) is 34.9 Å². The van der Waals surface area contributed by atoms with Crippen LogP contribution in [-0.2, 0) is 25.7 Å². The second-order valence-electron chi connectivity index (χ2n) is 10.4. The van der Waals surface area contributed by atoms with Gasteiger partial charge >= 0.3 is 12.1 Å². The van der Waals surface area contributed by atoms with Crippen LogP contribution in [0.5, 0.6) is 0 Å². The van der Waals surface area contributed by atoms with Crippen LogP contribution in [0, 0.1) is 5.92 Å².